The molecule has 0 heterocycles. The van der Waals surface area contributed by atoms with Crippen LogP contribution >= 0.6 is 0 Å². The van der Waals surface area contributed by atoms with Crippen LogP contribution in [0, 0.1) is 11.8 Å². The lowest BCUT2D eigenvalue weighted by Crippen LogP contribution is -2.29. The molecular weight excluding hydrogens is 256 g/mol. The highest BCUT2D eigenvalue weighted by Crippen LogP contribution is 2.51. The quantitative estimate of drug-likeness (QED) is 0.631. The van der Waals surface area contributed by atoms with Crippen LogP contribution in [-0.2, 0) is 0 Å². The molecule has 1 saturated carbocycles. The first-order chi connectivity index (χ1) is 10.3. The Hall–Kier alpha value is -0.300. The number of unbranched alkanes of at least 4 members (excludes halogenated alkanes) is 1. The van der Waals surface area contributed by atoms with Gasteiger partial charge in [0.1, 0.15) is 0 Å². The van der Waals surface area contributed by atoms with Crippen LogP contribution < -0.4 is 0 Å². The maximum atomic E-state index is 11.1. The van der Waals surface area contributed by atoms with Crippen LogP contribution in [0.25, 0.3) is 0 Å². The maximum Gasteiger partial charge on any atom is 0.0858 e. The van der Waals surface area contributed by atoms with Crippen LogP contribution in [0.4, 0.5) is 0 Å². The van der Waals surface area contributed by atoms with E-state index in [-0.39, 0.29) is 0 Å². The van der Waals surface area contributed by atoms with Gasteiger partial charge in [0.2, 0.25) is 0 Å². The molecule has 21 heavy (non-hydrogen) atoms. The van der Waals surface area contributed by atoms with Crippen LogP contribution in [-0.4, -0.2) is 10.7 Å². The number of hydrogen-bond donors (Lipinski definition) is 1. The highest BCUT2D eigenvalue weighted by Gasteiger charge is 2.49. The lowest BCUT2D eigenvalue weighted by Gasteiger charge is -2.25. The van der Waals surface area contributed by atoms with Crippen LogP contribution in [0.3, 0.4) is 0 Å². The SMILES string of the molecule is CCCC[C@@]1(O)/C=C/CCCCCCCCCC[C@H]2C[C@@H]21. The second-order valence-electron chi connectivity index (χ2n) is 7.51. The third-order valence-electron chi connectivity index (χ3n) is 5.60. The van der Waals surface area contributed by atoms with Crippen LogP contribution in [0.2, 0.25) is 0 Å². The molecule has 0 saturated heterocycles. The van der Waals surface area contributed by atoms with Gasteiger partial charge in [0.05, 0.1) is 5.60 Å². The summed E-state index contributed by atoms with van der Waals surface area (Å²) < 4.78 is 0. The van der Waals surface area contributed by atoms with Crippen LogP contribution in [0.1, 0.15) is 96.8 Å². The molecule has 0 unspecified atom stereocenters. The fourth-order valence-electron chi connectivity index (χ4n) is 4.05. The zero-order valence-corrected chi connectivity index (χ0v) is 14.2. The second kappa shape index (κ2) is 8.98. The number of aliphatic hydroxyl groups is 1. The van der Waals surface area contributed by atoms with Gasteiger partial charge in [-0.15, -0.1) is 0 Å². The minimum Gasteiger partial charge on any atom is -0.385 e. The molecule has 0 bridgehead atoms. The lowest BCUT2D eigenvalue weighted by atomic mass is 9.88. The number of rotatable bonds is 3. The molecule has 1 N–H and O–H groups in total. The minimum absolute atomic E-state index is 0.485. The van der Waals surface area contributed by atoms with Crippen molar-refractivity contribution in [3.8, 4) is 0 Å². The molecule has 0 aromatic carbocycles. The summed E-state index contributed by atoms with van der Waals surface area (Å²) in [5, 5.41) is 11.1. The maximum absolute atomic E-state index is 11.1. The molecule has 3 atom stereocenters. The van der Waals surface area contributed by atoms with E-state index in [0.717, 1.165) is 25.2 Å². The predicted molar refractivity (Wildman–Crippen MR) is 91.4 cm³/mol. The molecule has 0 aliphatic heterocycles. The molecule has 0 amide bonds. The van der Waals surface area contributed by atoms with Crippen molar-refractivity contribution in [3.05, 3.63) is 12.2 Å². The number of hydrogen-bond acceptors (Lipinski definition) is 1. The molecule has 0 radical (unpaired) electrons. The largest absolute Gasteiger partial charge is 0.385 e. The zero-order chi connectivity index (χ0) is 15.0. The molecule has 2 aliphatic rings. The average Bonchev–Trinajstić information content (AvgIpc) is 3.26. The monoisotopic (exact) mass is 292 g/mol. The minimum atomic E-state index is -0.485. The summed E-state index contributed by atoms with van der Waals surface area (Å²) >= 11 is 0. The van der Waals surface area contributed by atoms with Crippen molar-refractivity contribution in [3.63, 3.8) is 0 Å². The molecule has 2 rings (SSSR count). The van der Waals surface area contributed by atoms with Gasteiger partial charge in [-0.2, -0.15) is 0 Å². The molecule has 0 spiro atoms. The molecule has 0 aromatic rings. The lowest BCUT2D eigenvalue weighted by molar-refractivity contribution is 0.0495. The van der Waals surface area contributed by atoms with Gasteiger partial charge in [0.25, 0.3) is 0 Å². The Bertz CT molecular complexity index is 309. The van der Waals surface area contributed by atoms with Crippen molar-refractivity contribution in [1.82, 2.24) is 0 Å². The van der Waals surface area contributed by atoms with Crippen molar-refractivity contribution >= 4 is 0 Å². The molecule has 122 valence electrons. The van der Waals surface area contributed by atoms with Gasteiger partial charge < -0.3 is 5.11 Å². The first kappa shape index (κ1) is 17.1. The van der Waals surface area contributed by atoms with Gasteiger partial charge in [0, 0.05) is 0 Å². The van der Waals surface area contributed by atoms with E-state index in [2.05, 4.69) is 19.1 Å². The van der Waals surface area contributed by atoms with Gasteiger partial charge in [0.15, 0.2) is 0 Å². The van der Waals surface area contributed by atoms with E-state index in [1.54, 1.807) is 0 Å². The molecule has 2 aliphatic carbocycles. The summed E-state index contributed by atoms with van der Waals surface area (Å²) in [5.41, 5.74) is -0.485. The van der Waals surface area contributed by atoms with Gasteiger partial charge in [-0.25, -0.2) is 0 Å². The summed E-state index contributed by atoms with van der Waals surface area (Å²) in [5.74, 6) is 1.37. The predicted octanol–water partition coefficient (Wildman–Crippen LogP) is 6.01. The standard InChI is InChI=1S/C20H36O/c1-2-3-15-20(21)16-13-11-9-7-5-4-6-8-10-12-14-18-17-19(18)20/h13,16,18-19,21H,2-12,14-15,17H2,1H3/b16-13+/t18-,19-,20+/m0/s1. The molecular formula is C20H36O. The fourth-order valence-corrected chi connectivity index (χ4v) is 4.05. The Morgan fingerprint density at radius 1 is 1.00 bits per heavy atom. The highest BCUT2D eigenvalue weighted by atomic mass is 16.3. The first-order valence-corrected chi connectivity index (χ1v) is 9.66. The first-order valence-electron chi connectivity index (χ1n) is 9.66. The summed E-state index contributed by atoms with van der Waals surface area (Å²) in [6.45, 7) is 2.23. The van der Waals surface area contributed by atoms with Crippen LogP contribution in [0.15, 0.2) is 12.2 Å². The second-order valence-corrected chi connectivity index (χ2v) is 7.51. The summed E-state index contributed by atoms with van der Waals surface area (Å²) in [4.78, 5) is 0. The van der Waals surface area contributed by atoms with Crippen molar-refractivity contribution in [1.29, 1.82) is 0 Å². The van der Waals surface area contributed by atoms with E-state index in [1.807, 2.05) is 0 Å². The van der Waals surface area contributed by atoms with E-state index in [9.17, 15) is 5.11 Å². The third-order valence-corrected chi connectivity index (χ3v) is 5.60. The molecule has 0 aromatic heterocycles. The summed E-state index contributed by atoms with van der Waals surface area (Å²) in [6.07, 6.45) is 22.7. The van der Waals surface area contributed by atoms with Crippen LogP contribution in [0.5, 0.6) is 0 Å². The number of fused-ring (bicyclic) bond motifs is 1. The van der Waals surface area contributed by atoms with E-state index >= 15 is 0 Å². The Kier molecular flexibility index (Phi) is 7.29. The van der Waals surface area contributed by atoms with Gasteiger partial charge >= 0.3 is 0 Å². The topological polar surface area (TPSA) is 20.2 Å². The van der Waals surface area contributed by atoms with E-state index < -0.39 is 5.60 Å². The van der Waals surface area contributed by atoms with Gasteiger partial charge in [-0.3, -0.25) is 0 Å². The average molecular weight is 293 g/mol. The Balaban J connectivity index is 1.90. The third kappa shape index (κ3) is 5.77. The Morgan fingerprint density at radius 3 is 2.38 bits per heavy atom. The Labute approximate surface area is 132 Å². The fraction of sp³-hybridized carbons (Fsp3) is 0.900. The molecule has 1 nitrogen and oxygen atoms in total. The van der Waals surface area contributed by atoms with Gasteiger partial charge in [-0.05, 0) is 37.5 Å². The van der Waals surface area contributed by atoms with Gasteiger partial charge in [-0.1, -0.05) is 83.3 Å². The molecule has 1 heteroatoms. The van der Waals surface area contributed by atoms with E-state index in [0.29, 0.717) is 5.92 Å². The van der Waals surface area contributed by atoms with E-state index in [4.69, 9.17) is 0 Å². The van der Waals surface area contributed by atoms with Crippen molar-refractivity contribution in [2.24, 2.45) is 11.8 Å². The van der Waals surface area contributed by atoms with Crippen molar-refractivity contribution < 1.29 is 5.11 Å². The summed E-state index contributed by atoms with van der Waals surface area (Å²) in [6, 6.07) is 0. The highest BCUT2D eigenvalue weighted by molar-refractivity contribution is 5.11. The number of allylic oxidation sites excluding steroid dienone is 1. The zero-order valence-electron chi connectivity index (χ0n) is 14.2. The normalized spacial score (nSPS) is 37.0. The Morgan fingerprint density at radius 2 is 1.67 bits per heavy atom. The van der Waals surface area contributed by atoms with Crippen molar-refractivity contribution in [2.75, 3.05) is 0 Å². The molecule has 1 fully saturated rings. The van der Waals surface area contributed by atoms with Crippen molar-refractivity contribution in [2.45, 2.75) is 102 Å². The van der Waals surface area contributed by atoms with E-state index in [1.165, 1.54) is 70.6 Å². The summed E-state index contributed by atoms with van der Waals surface area (Å²) in [7, 11) is 0. The smallest absolute Gasteiger partial charge is 0.0858 e.